The van der Waals surface area contributed by atoms with E-state index in [-0.39, 0.29) is 17.5 Å². The highest BCUT2D eigenvalue weighted by molar-refractivity contribution is 7.99. The van der Waals surface area contributed by atoms with E-state index in [2.05, 4.69) is 15.5 Å². The molecule has 28 heavy (non-hydrogen) atoms. The average Bonchev–Trinajstić information content (AvgIpc) is 3.10. The molecule has 8 heteroatoms. The molecule has 146 valence electrons. The second kappa shape index (κ2) is 10.3. The van der Waals surface area contributed by atoms with Gasteiger partial charge in [0.1, 0.15) is 11.6 Å². The summed E-state index contributed by atoms with van der Waals surface area (Å²) in [5, 5.41) is 12.1. The Morgan fingerprint density at radius 3 is 2.54 bits per heavy atom. The number of amides is 1. The van der Waals surface area contributed by atoms with Crippen LogP contribution in [0.5, 0.6) is 0 Å². The molecule has 2 aromatic carbocycles. The molecule has 5 nitrogen and oxygen atoms in total. The lowest BCUT2D eigenvalue weighted by molar-refractivity contribution is -0.113. The first kappa shape index (κ1) is 20.4. The van der Waals surface area contributed by atoms with E-state index >= 15 is 0 Å². The molecule has 1 amide bonds. The van der Waals surface area contributed by atoms with Gasteiger partial charge in [0.05, 0.1) is 11.5 Å². The number of carbonyl (C=O) groups excluding carboxylic acids is 1. The minimum Gasteiger partial charge on any atom is -0.325 e. The third-order valence-corrected chi connectivity index (χ3v) is 5.88. The summed E-state index contributed by atoms with van der Waals surface area (Å²) < 4.78 is 15.0. The van der Waals surface area contributed by atoms with Gasteiger partial charge in [-0.1, -0.05) is 42.1 Å². The molecule has 0 aliphatic rings. The lowest BCUT2D eigenvalue weighted by Crippen LogP contribution is -2.14. The van der Waals surface area contributed by atoms with Crippen LogP contribution in [0.1, 0.15) is 18.3 Å². The molecule has 0 aliphatic carbocycles. The minimum absolute atomic E-state index is 0.0749. The van der Waals surface area contributed by atoms with Crippen LogP contribution in [0, 0.1) is 5.82 Å². The van der Waals surface area contributed by atoms with E-state index in [1.165, 1.54) is 23.9 Å². The van der Waals surface area contributed by atoms with Crippen molar-refractivity contribution in [1.29, 1.82) is 0 Å². The maximum atomic E-state index is 13.0. The molecule has 0 atom stereocenters. The van der Waals surface area contributed by atoms with Crippen molar-refractivity contribution >= 4 is 35.1 Å². The molecule has 0 saturated carbocycles. The van der Waals surface area contributed by atoms with Gasteiger partial charge in [-0.25, -0.2) is 4.39 Å². The largest absolute Gasteiger partial charge is 0.325 e. The summed E-state index contributed by atoms with van der Waals surface area (Å²) in [6.45, 7) is 2.77. The number of halogens is 1. The van der Waals surface area contributed by atoms with E-state index in [4.69, 9.17) is 0 Å². The molecule has 0 spiro atoms. The second-order valence-electron chi connectivity index (χ2n) is 5.97. The van der Waals surface area contributed by atoms with Crippen LogP contribution in [0.3, 0.4) is 0 Å². The summed E-state index contributed by atoms with van der Waals surface area (Å²) in [5.41, 5.74) is 1.85. The van der Waals surface area contributed by atoms with Crippen LogP contribution >= 0.6 is 23.5 Å². The molecule has 1 N–H and O–H groups in total. The van der Waals surface area contributed by atoms with Crippen molar-refractivity contribution in [3.63, 3.8) is 0 Å². The first-order valence-corrected chi connectivity index (χ1v) is 11.0. The first-order valence-electron chi connectivity index (χ1n) is 8.87. The number of hydrogen-bond donors (Lipinski definition) is 1. The molecule has 0 fully saturated rings. The summed E-state index contributed by atoms with van der Waals surface area (Å²) in [7, 11) is 0. The van der Waals surface area contributed by atoms with Gasteiger partial charge in [0, 0.05) is 18.0 Å². The summed E-state index contributed by atoms with van der Waals surface area (Å²) in [6, 6.07) is 15.9. The molecule has 0 radical (unpaired) electrons. The van der Waals surface area contributed by atoms with Crippen LogP contribution in [-0.2, 0) is 22.8 Å². The molecule has 0 unspecified atom stereocenters. The SMILES string of the molecule is CCn1c(CSCc2ccc(F)cc2)nnc1SCC(=O)Nc1ccccc1. The summed E-state index contributed by atoms with van der Waals surface area (Å²) >= 11 is 3.08. The van der Waals surface area contributed by atoms with Crippen molar-refractivity contribution in [2.24, 2.45) is 0 Å². The van der Waals surface area contributed by atoms with Crippen LogP contribution in [0.25, 0.3) is 0 Å². The highest BCUT2D eigenvalue weighted by Crippen LogP contribution is 2.22. The lowest BCUT2D eigenvalue weighted by Gasteiger charge is -2.08. The summed E-state index contributed by atoms with van der Waals surface area (Å²) in [4.78, 5) is 12.1. The second-order valence-corrected chi connectivity index (χ2v) is 7.89. The number of aromatic nitrogens is 3. The smallest absolute Gasteiger partial charge is 0.234 e. The standard InChI is InChI=1S/C20H21FN4OS2/c1-2-25-18(13-27-12-15-8-10-16(21)11-9-15)23-24-20(25)28-14-19(26)22-17-6-4-3-5-7-17/h3-11H,2,12-14H2,1H3,(H,22,26). The van der Waals surface area contributed by atoms with Crippen molar-refractivity contribution in [2.45, 2.75) is 30.1 Å². The van der Waals surface area contributed by atoms with Gasteiger partial charge in [-0.3, -0.25) is 4.79 Å². The minimum atomic E-state index is -0.225. The van der Waals surface area contributed by atoms with E-state index in [1.807, 2.05) is 41.8 Å². The lowest BCUT2D eigenvalue weighted by atomic mass is 10.2. The van der Waals surface area contributed by atoms with Crippen LogP contribution in [0.4, 0.5) is 10.1 Å². The van der Waals surface area contributed by atoms with E-state index in [1.54, 1.807) is 23.9 Å². The zero-order chi connectivity index (χ0) is 19.8. The number of hydrogen-bond acceptors (Lipinski definition) is 5. The quantitative estimate of drug-likeness (QED) is 0.517. The van der Waals surface area contributed by atoms with E-state index in [9.17, 15) is 9.18 Å². The van der Waals surface area contributed by atoms with Crippen molar-refractivity contribution in [3.05, 3.63) is 71.8 Å². The maximum Gasteiger partial charge on any atom is 0.234 e. The van der Waals surface area contributed by atoms with E-state index in [0.717, 1.165) is 34.5 Å². The molecule has 1 aromatic heterocycles. The Morgan fingerprint density at radius 1 is 1.07 bits per heavy atom. The van der Waals surface area contributed by atoms with Gasteiger partial charge in [-0.2, -0.15) is 0 Å². The molecule has 0 aliphatic heterocycles. The predicted molar refractivity (Wildman–Crippen MR) is 113 cm³/mol. The Balaban J connectivity index is 1.51. The Labute approximate surface area is 172 Å². The molecule has 3 rings (SSSR count). The molecular formula is C20H21FN4OS2. The molecular weight excluding hydrogens is 395 g/mol. The van der Waals surface area contributed by atoms with Gasteiger partial charge in [0.25, 0.3) is 0 Å². The zero-order valence-corrected chi connectivity index (χ0v) is 17.1. The fourth-order valence-electron chi connectivity index (χ4n) is 2.54. The first-order chi connectivity index (χ1) is 13.7. The van der Waals surface area contributed by atoms with Crippen LogP contribution in [0.15, 0.2) is 59.8 Å². The van der Waals surface area contributed by atoms with E-state index in [0.29, 0.717) is 5.75 Å². The molecule has 0 saturated heterocycles. The number of carbonyl (C=O) groups is 1. The average molecular weight is 417 g/mol. The molecule has 0 bridgehead atoms. The number of nitrogens with one attached hydrogen (secondary N) is 1. The third-order valence-electron chi connectivity index (χ3n) is 3.91. The van der Waals surface area contributed by atoms with Crippen molar-refractivity contribution in [2.75, 3.05) is 11.1 Å². The highest BCUT2D eigenvalue weighted by Gasteiger charge is 2.13. The molecule has 1 heterocycles. The number of nitrogens with zero attached hydrogens (tertiary/aromatic N) is 3. The fourth-order valence-corrected chi connectivity index (χ4v) is 4.29. The highest BCUT2D eigenvalue weighted by atomic mass is 32.2. The van der Waals surface area contributed by atoms with Crippen LogP contribution in [0.2, 0.25) is 0 Å². The number of thioether (sulfide) groups is 2. The molecule has 3 aromatic rings. The Bertz CT molecular complexity index is 900. The topological polar surface area (TPSA) is 59.8 Å². The monoisotopic (exact) mass is 416 g/mol. The van der Waals surface area contributed by atoms with Crippen molar-refractivity contribution in [1.82, 2.24) is 14.8 Å². The zero-order valence-electron chi connectivity index (χ0n) is 15.5. The van der Waals surface area contributed by atoms with Gasteiger partial charge >= 0.3 is 0 Å². The van der Waals surface area contributed by atoms with Gasteiger partial charge in [0.15, 0.2) is 5.16 Å². The number of rotatable bonds is 9. The summed E-state index contributed by atoms with van der Waals surface area (Å²) in [6.07, 6.45) is 0. The number of para-hydroxylation sites is 1. The van der Waals surface area contributed by atoms with Crippen molar-refractivity contribution < 1.29 is 9.18 Å². The van der Waals surface area contributed by atoms with Crippen molar-refractivity contribution in [3.8, 4) is 0 Å². The van der Waals surface area contributed by atoms with Gasteiger partial charge in [0.2, 0.25) is 5.91 Å². The Morgan fingerprint density at radius 2 is 1.82 bits per heavy atom. The fraction of sp³-hybridized carbons (Fsp3) is 0.250. The predicted octanol–water partition coefficient (Wildman–Crippen LogP) is 4.60. The van der Waals surface area contributed by atoms with Gasteiger partial charge in [-0.05, 0) is 36.8 Å². The normalized spacial score (nSPS) is 10.8. The van der Waals surface area contributed by atoms with Gasteiger partial charge < -0.3 is 9.88 Å². The van der Waals surface area contributed by atoms with E-state index < -0.39 is 0 Å². The Kier molecular flexibility index (Phi) is 7.50. The Hall–Kier alpha value is -2.32. The maximum absolute atomic E-state index is 13.0. The summed E-state index contributed by atoms with van der Waals surface area (Å²) in [5.74, 6) is 2.33. The number of benzene rings is 2. The van der Waals surface area contributed by atoms with Crippen LogP contribution < -0.4 is 5.32 Å². The van der Waals surface area contributed by atoms with Gasteiger partial charge in [-0.15, -0.1) is 22.0 Å². The third kappa shape index (κ3) is 5.84. The number of anilines is 1. The van der Waals surface area contributed by atoms with Crippen LogP contribution in [-0.4, -0.2) is 26.4 Å².